The van der Waals surface area contributed by atoms with E-state index in [4.69, 9.17) is 0 Å². The van der Waals surface area contributed by atoms with E-state index in [1.807, 2.05) is 31.1 Å². The molecule has 1 heterocycles. The smallest absolute Gasteiger partial charge is 0.363 e. The summed E-state index contributed by atoms with van der Waals surface area (Å²) >= 11 is 0. The first-order valence-corrected chi connectivity index (χ1v) is 8.13. The predicted molar refractivity (Wildman–Crippen MR) is 112 cm³/mol. The Hall–Kier alpha value is -2.11. The summed E-state index contributed by atoms with van der Waals surface area (Å²) in [7, 11) is 5.27. The van der Waals surface area contributed by atoms with Gasteiger partial charge in [-0.05, 0) is 35.4 Å². The number of aliphatic imine (C=N–C) groups is 1. The quantitative estimate of drug-likeness (QED) is 0.278. The van der Waals surface area contributed by atoms with Gasteiger partial charge in [-0.2, -0.15) is 13.2 Å². The van der Waals surface area contributed by atoms with Gasteiger partial charge in [0.1, 0.15) is 11.6 Å². The third-order valence-electron chi connectivity index (χ3n) is 3.78. The first kappa shape index (κ1) is 23.9. The number of hydrogen-bond acceptors (Lipinski definition) is 3. The molecule has 0 saturated carbocycles. The number of anilines is 1. The number of halogens is 5. The number of hydrogen-bond donors (Lipinski definition) is 2. The number of benzene rings is 1. The summed E-state index contributed by atoms with van der Waals surface area (Å²) in [4.78, 5) is 10.1. The molecule has 0 aliphatic carbocycles. The highest BCUT2D eigenvalue weighted by molar-refractivity contribution is 14.0. The van der Waals surface area contributed by atoms with E-state index in [0.29, 0.717) is 18.6 Å². The number of nitrogens with zero attached hydrogens (tertiary/aromatic N) is 3. The fraction of sp³-hybridized carbons (Fsp3) is 0.333. The minimum atomic E-state index is -4.63. The van der Waals surface area contributed by atoms with Crippen LogP contribution >= 0.6 is 24.0 Å². The average Bonchev–Trinajstić information content (AvgIpc) is 2.62. The van der Waals surface area contributed by atoms with E-state index in [0.717, 1.165) is 23.5 Å². The van der Waals surface area contributed by atoms with Crippen molar-refractivity contribution in [1.29, 1.82) is 0 Å². The zero-order valence-corrected chi connectivity index (χ0v) is 18.0. The van der Waals surface area contributed by atoms with E-state index in [1.54, 1.807) is 6.20 Å². The van der Waals surface area contributed by atoms with E-state index in [-0.39, 0.29) is 36.1 Å². The molecule has 2 N–H and O–H groups in total. The van der Waals surface area contributed by atoms with E-state index in [2.05, 4.69) is 20.6 Å². The Morgan fingerprint density at radius 2 is 1.79 bits per heavy atom. The summed E-state index contributed by atoms with van der Waals surface area (Å²) in [6.45, 7) is 0.271. The monoisotopic (exact) mass is 511 g/mol. The van der Waals surface area contributed by atoms with Crippen LogP contribution in [0.2, 0.25) is 0 Å². The molecular weight excluding hydrogens is 489 g/mol. The van der Waals surface area contributed by atoms with Gasteiger partial charge in [-0.25, -0.2) is 9.37 Å². The van der Waals surface area contributed by atoms with Crippen molar-refractivity contribution in [3.8, 4) is 0 Å². The zero-order chi connectivity index (χ0) is 20.0. The highest BCUT2D eigenvalue weighted by Gasteiger charge is 2.33. The Labute approximate surface area is 178 Å². The van der Waals surface area contributed by atoms with E-state index >= 15 is 0 Å². The molecule has 0 radical (unpaired) electrons. The minimum absolute atomic E-state index is 0. The molecule has 0 aliphatic heterocycles. The van der Waals surface area contributed by atoms with Crippen molar-refractivity contribution in [1.82, 2.24) is 15.6 Å². The Morgan fingerprint density at radius 3 is 2.39 bits per heavy atom. The van der Waals surface area contributed by atoms with Gasteiger partial charge in [-0.1, -0.05) is 6.07 Å². The molecule has 2 aromatic rings. The second kappa shape index (κ2) is 10.4. The van der Waals surface area contributed by atoms with Gasteiger partial charge in [0.15, 0.2) is 5.96 Å². The summed E-state index contributed by atoms with van der Waals surface area (Å²) in [5, 5.41) is 5.84. The molecule has 0 amide bonds. The number of guanidine groups is 1. The van der Waals surface area contributed by atoms with Crippen LogP contribution in [-0.2, 0) is 19.3 Å². The molecule has 2 rings (SSSR count). The van der Waals surface area contributed by atoms with Gasteiger partial charge in [0, 0.05) is 40.4 Å². The lowest BCUT2D eigenvalue weighted by atomic mass is 10.1. The molecule has 1 aromatic heterocycles. The molecule has 28 heavy (non-hydrogen) atoms. The summed E-state index contributed by atoms with van der Waals surface area (Å²) in [6, 6.07) is 6.33. The molecule has 0 unspecified atom stereocenters. The fourth-order valence-corrected chi connectivity index (χ4v) is 2.37. The molecule has 0 atom stereocenters. The van der Waals surface area contributed by atoms with Crippen LogP contribution in [-0.4, -0.2) is 32.1 Å². The SMILES string of the molecule is CN=C(NCc1ccnc(N(C)C)c1)NCc1ccc(F)cc1C(F)(F)F.I. The molecule has 0 fully saturated rings. The van der Waals surface area contributed by atoms with Crippen LogP contribution in [0.25, 0.3) is 0 Å². The highest BCUT2D eigenvalue weighted by atomic mass is 127. The van der Waals surface area contributed by atoms with E-state index in [9.17, 15) is 17.6 Å². The largest absolute Gasteiger partial charge is 0.416 e. The van der Waals surface area contributed by atoms with E-state index in [1.165, 1.54) is 7.05 Å². The van der Waals surface area contributed by atoms with Crippen LogP contribution in [0.1, 0.15) is 16.7 Å². The topological polar surface area (TPSA) is 52.6 Å². The van der Waals surface area contributed by atoms with Crippen molar-refractivity contribution < 1.29 is 17.6 Å². The minimum Gasteiger partial charge on any atom is -0.363 e. The van der Waals surface area contributed by atoms with Crippen LogP contribution in [0.15, 0.2) is 41.5 Å². The van der Waals surface area contributed by atoms with Gasteiger partial charge in [-0.3, -0.25) is 4.99 Å². The predicted octanol–water partition coefficient (Wildman–Crippen LogP) is 3.79. The van der Waals surface area contributed by atoms with Gasteiger partial charge in [0.05, 0.1) is 5.56 Å². The summed E-state index contributed by atoms with van der Waals surface area (Å²) < 4.78 is 52.3. The maximum atomic E-state index is 13.2. The van der Waals surface area contributed by atoms with Gasteiger partial charge in [0.25, 0.3) is 0 Å². The average molecular weight is 511 g/mol. The lowest BCUT2D eigenvalue weighted by Gasteiger charge is -2.16. The van der Waals surface area contributed by atoms with Gasteiger partial charge in [-0.15, -0.1) is 24.0 Å². The molecule has 0 saturated heterocycles. The third kappa shape index (κ3) is 6.80. The second-order valence-corrected chi connectivity index (χ2v) is 6.00. The third-order valence-corrected chi connectivity index (χ3v) is 3.78. The summed E-state index contributed by atoms with van der Waals surface area (Å²) in [5.41, 5.74) is -0.129. The molecule has 5 nitrogen and oxygen atoms in total. The van der Waals surface area contributed by atoms with E-state index < -0.39 is 17.6 Å². The highest BCUT2D eigenvalue weighted by Crippen LogP contribution is 2.32. The van der Waals surface area contributed by atoms with Crippen molar-refractivity contribution in [2.24, 2.45) is 4.99 Å². The van der Waals surface area contributed by atoms with Crippen LogP contribution in [0.3, 0.4) is 0 Å². The summed E-state index contributed by atoms with van der Waals surface area (Å²) in [6.07, 6.45) is -2.95. The van der Waals surface area contributed by atoms with Crippen molar-refractivity contribution in [3.05, 3.63) is 59.0 Å². The molecule has 1 aromatic carbocycles. The molecule has 10 heteroatoms. The van der Waals surface area contributed by atoms with Crippen LogP contribution in [0.5, 0.6) is 0 Å². The molecular formula is C18H22F4IN5. The van der Waals surface area contributed by atoms with Crippen LogP contribution < -0.4 is 15.5 Å². The van der Waals surface area contributed by atoms with Gasteiger partial charge >= 0.3 is 6.18 Å². The van der Waals surface area contributed by atoms with Crippen LogP contribution in [0, 0.1) is 5.82 Å². The fourth-order valence-electron chi connectivity index (χ4n) is 2.37. The number of pyridine rings is 1. The summed E-state index contributed by atoms with van der Waals surface area (Å²) in [5.74, 6) is 0.192. The lowest BCUT2D eigenvalue weighted by molar-refractivity contribution is -0.138. The molecule has 154 valence electrons. The van der Waals surface area contributed by atoms with Crippen molar-refractivity contribution >= 4 is 35.8 Å². The van der Waals surface area contributed by atoms with Crippen LogP contribution in [0.4, 0.5) is 23.4 Å². The Morgan fingerprint density at radius 1 is 1.11 bits per heavy atom. The zero-order valence-electron chi connectivity index (χ0n) is 15.6. The van der Waals surface area contributed by atoms with Crippen molar-refractivity contribution in [2.45, 2.75) is 19.3 Å². The number of nitrogens with one attached hydrogen (secondary N) is 2. The number of aromatic nitrogens is 1. The number of alkyl halides is 3. The standard InChI is InChI=1S/C18H21F4N5.HI/c1-23-17(25-10-12-6-7-24-16(8-12)27(2)3)26-11-13-4-5-14(19)9-15(13)18(20,21)22;/h4-9H,10-11H2,1-3H3,(H2,23,25,26);1H. The lowest BCUT2D eigenvalue weighted by Crippen LogP contribution is -2.36. The Kier molecular flexibility index (Phi) is 8.92. The van der Waals surface area contributed by atoms with Crippen molar-refractivity contribution in [2.75, 3.05) is 26.0 Å². The number of rotatable bonds is 5. The van der Waals surface area contributed by atoms with Gasteiger partial charge < -0.3 is 15.5 Å². The molecule has 0 aliphatic rings. The Bertz CT molecular complexity index is 809. The maximum absolute atomic E-state index is 13.2. The Balaban J connectivity index is 0.00000392. The normalized spacial score (nSPS) is 11.6. The first-order valence-electron chi connectivity index (χ1n) is 8.13. The maximum Gasteiger partial charge on any atom is 0.416 e. The van der Waals surface area contributed by atoms with Crippen molar-refractivity contribution in [3.63, 3.8) is 0 Å². The first-order chi connectivity index (χ1) is 12.7. The molecule has 0 bridgehead atoms. The second-order valence-electron chi connectivity index (χ2n) is 6.00. The molecule has 0 spiro atoms. The van der Waals surface area contributed by atoms with Gasteiger partial charge in [0.2, 0.25) is 0 Å².